The molecule has 0 bridgehead atoms. The molecule has 0 unspecified atom stereocenters. The summed E-state index contributed by atoms with van der Waals surface area (Å²) in [6.45, 7) is 0. The first kappa shape index (κ1) is 14.8. The summed E-state index contributed by atoms with van der Waals surface area (Å²) in [5.74, 6) is 0. The first-order valence-corrected chi connectivity index (χ1v) is 47.5. The van der Waals surface area contributed by atoms with Crippen LogP contribution in [-0.4, -0.2) is 4.93 Å². The van der Waals surface area contributed by atoms with Crippen molar-refractivity contribution in [1.82, 2.24) is 0 Å². The molecule has 0 aromatic rings. The second-order valence-electron chi connectivity index (χ2n) is 0.629. The molecule has 9 heavy (non-hydrogen) atoms. The van der Waals surface area contributed by atoms with Crippen LogP contribution in [0.4, 0.5) is 0 Å². The van der Waals surface area contributed by atoms with Gasteiger partial charge < -0.3 is 0 Å². The fourth-order valence-electron chi connectivity index (χ4n) is 0.0717. The van der Waals surface area contributed by atoms with Gasteiger partial charge in [0.25, 0.3) is 0 Å². The number of hydrogen-bond acceptors (Lipinski definition) is 0. The van der Waals surface area contributed by atoms with Crippen molar-refractivity contribution in [3.05, 3.63) is 0 Å². The molecule has 0 rings (SSSR count). The second-order valence-corrected chi connectivity index (χ2v) is 153. The summed E-state index contributed by atoms with van der Waals surface area (Å²) >= 11 is 11.9. The van der Waals surface area contributed by atoms with Crippen LogP contribution in [0.3, 0.4) is 0 Å². The van der Waals surface area contributed by atoms with E-state index in [9.17, 15) is 0 Å². The van der Waals surface area contributed by atoms with Gasteiger partial charge in [0.15, 0.2) is 0 Å². The molecule has 0 saturated carbocycles. The first-order valence-electron chi connectivity index (χ1n) is 1.38. The van der Waals surface area contributed by atoms with Crippen molar-refractivity contribution in [3.63, 3.8) is 0 Å². The topological polar surface area (TPSA) is 0 Å². The van der Waals surface area contributed by atoms with Gasteiger partial charge in [0.05, 0.1) is 0 Å². The van der Waals surface area contributed by atoms with Crippen LogP contribution in [0, 0.1) is 0 Å². The second kappa shape index (κ2) is 9.09. The number of alkyl halides is 1. The molecule has 8 heteroatoms. The van der Waals surface area contributed by atoms with Crippen molar-refractivity contribution < 1.29 is 17.2 Å². The summed E-state index contributed by atoms with van der Waals surface area (Å²) in [4.78, 5) is 2.49. The molecule has 0 aliphatic heterocycles. The van der Waals surface area contributed by atoms with E-state index < -0.39 is 0 Å². The molecule has 0 aliphatic carbocycles. The van der Waals surface area contributed by atoms with Gasteiger partial charge in [-0.3, -0.25) is 0 Å². The Labute approximate surface area is 115 Å². The van der Waals surface area contributed by atoms with Crippen LogP contribution >= 0.6 is 98.1 Å². The molecule has 0 aromatic carbocycles. The Balaban J connectivity index is 3.58. The molecule has 0 saturated heterocycles. The Bertz CT molecular complexity index is 69.0. The predicted octanol–water partition coefficient (Wildman–Crippen LogP) is 3.37. The van der Waals surface area contributed by atoms with Crippen molar-refractivity contribution in [2.75, 3.05) is 4.93 Å². The average molecular weight is 1030 g/mol. The number of rotatable bonds is 3. The van der Waals surface area contributed by atoms with Crippen LogP contribution in [-0.2, 0) is 0 Å². The molecule has 0 nitrogen and oxygen atoms in total. The third kappa shape index (κ3) is 7.73. The van der Waals surface area contributed by atoms with Gasteiger partial charge in [0.1, 0.15) is 0 Å². The summed E-state index contributed by atoms with van der Waals surface area (Å²) in [5.41, 5.74) is 0. The Morgan fingerprint density at radius 3 is 1.67 bits per heavy atom. The third-order valence-corrected chi connectivity index (χ3v) is 363. The maximum atomic E-state index is 2.86. The predicted molar refractivity (Wildman–Crippen MR) is 104 cm³/mol. The Kier molecular flexibility index (Phi) is 15.0. The molecular weight excluding hydrogens is 1030 g/mol. The molecular formula is CH3I8-. The molecule has 0 radical (unpaired) electrons. The summed E-state index contributed by atoms with van der Waals surface area (Å²) in [5, 5.41) is 0. The van der Waals surface area contributed by atoms with Gasteiger partial charge in [-0.25, -0.2) is 0 Å². The van der Waals surface area contributed by atoms with Crippen molar-refractivity contribution >= 4 is 98.1 Å². The number of halogens is 8. The van der Waals surface area contributed by atoms with Gasteiger partial charge in [-0.15, -0.1) is 0 Å². The van der Waals surface area contributed by atoms with Crippen molar-refractivity contribution in [3.8, 4) is 0 Å². The third-order valence-electron chi connectivity index (χ3n) is 0.271. The van der Waals surface area contributed by atoms with E-state index in [1.165, 1.54) is 0 Å². The molecule has 0 atom stereocenters. The standard InChI is InChI=1S/CH3I8/c1-6-8(4)9(5)7(2)3/h1H3/q-1. The SMILES string of the molecule is C[I-]I(I)I(I)I(I)I. The minimum absolute atomic E-state index is 0.212. The molecule has 0 aromatic heterocycles. The van der Waals surface area contributed by atoms with E-state index in [-0.39, 0.29) is 23.7 Å². The van der Waals surface area contributed by atoms with Crippen molar-refractivity contribution in [1.29, 1.82) is 0 Å². The van der Waals surface area contributed by atoms with Crippen molar-refractivity contribution in [2.24, 2.45) is 0 Å². The summed E-state index contributed by atoms with van der Waals surface area (Å²) < 4.78 is 0. The van der Waals surface area contributed by atoms with Gasteiger partial charge in [0.2, 0.25) is 0 Å². The summed E-state index contributed by atoms with van der Waals surface area (Å²) in [6.07, 6.45) is 0. The quantitative estimate of drug-likeness (QED) is 0.301. The zero-order valence-electron chi connectivity index (χ0n) is 4.02. The van der Waals surface area contributed by atoms with Crippen LogP contribution in [0.2, 0.25) is 0 Å². The fraction of sp³-hybridized carbons (Fsp3) is 1.00. The van der Waals surface area contributed by atoms with E-state index in [1.807, 2.05) is 0 Å². The van der Waals surface area contributed by atoms with E-state index in [1.54, 1.807) is 0 Å². The average Bonchev–Trinajstić information content (AvgIpc) is 1.84. The van der Waals surface area contributed by atoms with Gasteiger partial charge >= 0.3 is 120 Å². The zero-order valence-corrected chi connectivity index (χ0v) is 21.3. The van der Waals surface area contributed by atoms with Crippen LogP contribution in [0.15, 0.2) is 0 Å². The maximum absolute atomic E-state index is 2.86. The minimum atomic E-state index is -0.319. The Hall–Kier alpha value is 5.84. The van der Waals surface area contributed by atoms with Crippen LogP contribution in [0.25, 0.3) is 0 Å². The number of hydrogen-bond donors (Lipinski definition) is 0. The van der Waals surface area contributed by atoms with Crippen LogP contribution in [0.1, 0.15) is 0 Å². The molecule has 0 N–H and O–H groups in total. The molecule has 0 spiro atoms. The molecule has 0 heterocycles. The van der Waals surface area contributed by atoms with E-state index in [0.717, 1.165) is 0 Å². The van der Waals surface area contributed by atoms with Crippen LogP contribution < -0.4 is 17.2 Å². The molecule has 0 amide bonds. The van der Waals surface area contributed by atoms with Crippen molar-refractivity contribution in [2.45, 2.75) is 0 Å². The summed E-state index contributed by atoms with van der Waals surface area (Å²) in [7, 11) is -0.769. The Morgan fingerprint density at radius 1 is 1.11 bits per heavy atom. The van der Waals surface area contributed by atoms with E-state index in [0.29, 0.717) is 17.2 Å². The van der Waals surface area contributed by atoms with E-state index in [4.69, 9.17) is 0 Å². The fourth-order valence-corrected chi connectivity index (χ4v) is 502. The summed E-state index contributed by atoms with van der Waals surface area (Å²) in [6, 6.07) is 0. The van der Waals surface area contributed by atoms with Gasteiger partial charge in [-0.2, -0.15) is 0 Å². The van der Waals surface area contributed by atoms with Crippen LogP contribution in [0.5, 0.6) is 0 Å². The van der Waals surface area contributed by atoms with Gasteiger partial charge in [-0.05, 0) is 0 Å². The monoisotopic (exact) mass is 1030 g/mol. The molecule has 64 valence electrons. The zero-order chi connectivity index (χ0) is 7.44. The van der Waals surface area contributed by atoms with Gasteiger partial charge in [0, 0.05) is 0 Å². The normalized spacial score (nSPS) is 15.4. The Morgan fingerprint density at radius 2 is 1.56 bits per heavy atom. The van der Waals surface area contributed by atoms with E-state index in [2.05, 4.69) is 79.4 Å². The van der Waals surface area contributed by atoms with E-state index >= 15 is 0 Å². The molecule has 0 fully saturated rings. The first-order chi connectivity index (χ1) is 4.09. The molecule has 0 aliphatic rings. The van der Waals surface area contributed by atoms with Gasteiger partial charge in [-0.1, -0.05) is 0 Å².